The monoisotopic (exact) mass is 318 g/mol. The van der Waals surface area contributed by atoms with E-state index >= 15 is 0 Å². The molecule has 1 aliphatic rings. The number of nitrogens with one attached hydrogen (secondary N) is 1. The van der Waals surface area contributed by atoms with E-state index in [0.29, 0.717) is 13.0 Å². The van der Waals surface area contributed by atoms with Crippen LogP contribution in [0.5, 0.6) is 0 Å². The van der Waals surface area contributed by atoms with E-state index in [-0.39, 0.29) is 21.7 Å². The molecule has 1 aliphatic heterocycles. The lowest BCUT2D eigenvalue weighted by atomic mass is 10.1. The van der Waals surface area contributed by atoms with Crippen molar-refractivity contribution in [3.8, 4) is 0 Å². The summed E-state index contributed by atoms with van der Waals surface area (Å²) in [4.78, 5) is -0.0498. The first-order valence-electron chi connectivity index (χ1n) is 6.66. The topological polar surface area (TPSA) is 81.4 Å². The molecular formula is C13H19ClN2O3S. The molecule has 0 aromatic heterocycles. The van der Waals surface area contributed by atoms with Crippen LogP contribution in [0.1, 0.15) is 25.7 Å². The van der Waals surface area contributed by atoms with Crippen LogP contribution in [0.3, 0.4) is 0 Å². The van der Waals surface area contributed by atoms with Crippen molar-refractivity contribution in [2.75, 3.05) is 18.9 Å². The summed E-state index contributed by atoms with van der Waals surface area (Å²) in [5.41, 5.74) is 5.85. The van der Waals surface area contributed by atoms with Gasteiger partial charge in [-0.1, -0.05) is 17.7 Å². The molecule has 5 nitrogen and oxygen atoms in total. The minimum atomic E-state index is -3.68. The van der Waals surface area contributed by atoms with Gasteiger partial charge in [0.2, 0.25) is 10.0 Å². The molecule has 1 atom stereocenters. The lowest BCUT2D eigenvalue weighted by Gasteiger charge is -2.22. The summed E-state index contributed by atoms with van der Waals surface area (Å²) < 4.78 is 32.5. The Morgan fingerprint density at radius 3 is 2.85 bits per heavy atom. The Kier molecular flexibility index (Phi) is 5.26. The van der Waals surface area contributed by atoms with Crippen molar-refractivity contribution >= 4 is 27.3 Å². The third-order valence-corrected chi connectivity index (χ3v) is 5.30. The number of ether oxygens (including phenoxy) is 1. The molecule has 0 bridgehead atoms. The Morgan fingerprint density at radius 1 is 1.40 bits per heavy atom. The van der Waals surface area contributed by atoms with Crippen LogP contribution in [0, 0.1) is 0 Å². The summed E-state index contributed by atoms with van der Waals surface area (Å²) >= 11 is 5.92. The van der Waals surface area contributed by atoms with Crippen molar-refractivity contribution in [2.24, 2.45) is 0 Å². The van der Waals surface area contributed by atoms with E-state index in [1.165, 1.54) is 12.1 Å². The molecule has 1 aromatic rings. The van der Waals surface area contributed by atoms with Crippen LogP contribution in [0.4, 0.5) is 5.69 Å². The zero-order valence-corrected chi connectivity index (χ0v) is 12.7. The molecule has 7 heteroatoms. The molecule has 1 fully saturated rings. The summed E-state index contributed by atoms with van der Waals surface area (Å²) in [5.74, 6) is 0. The maximum Gasteiger partial charge on any atom is 0.244 e. The molecule has 3 N–H and O–H groups in total. The fraction of sp³-hybridized carbons (Fsp3) is 0.538. The summed E-state index contributed by atoms with van der Waals surface area (Å²) in [7, 11) is -3.68. The number of hydrogen-bond donors (Lipinski definition) is 2. The van der Waals surface area contributed by atoms with Crippen LogP contribution >= 0.6 is 11.6 Å². The molecule has 112 valence electrons. The minimum absolute atomic E-state index is 0.0498. The van der Waals surface area contributed by atoms with Gasteiger partial charge in [0.15, 0.2) is 0 Å². The Labute approximate surface area is 124 Å². The molecule has 0 aliphatic carbocycles. The Balaban J connectivity index is 1.97. The van der Waals surface area contributed by atoms with E-state index in [1.54, 1.807) is 6.07 Å². The molecule has 1 heterocycles. The number of anilines is 1. The average molecular weight is 319 g/mol. The second kappa shape index (κ2) is 6.76. The lowest BCUT2D eigenvalue weighted by molar-refractivity contribution is 0.0123. The van der Waals surface area contributed by atoms with Gasteiger partial charge < -0.3 is 10.5 Å². The van der Waals surface area contributed by atoms with Crippen molar-refractivity contribution in [1.29, 1.82) is 0 Å². The SMILES string of the molecule is Nc1cccc(Cl)c1S(=O)(=O)NCCC1CCCCO1. The molecule has 0 amide bonds. The molecule has 2 rings (SSSR count). The van der Waals surface area contributed by atoms with Gasteiger partial charge in [-0.25, -0.2) is 13.1 Å². The Morgan fingerprint density at radius 2 is 2.20 bits per heavy atom. The minimum Gasteiger partial charge on any atom is -0.398 e. The van der Waals surface area contributed by atoms with Crippen molar-refractivity contribution in [3.63, 3.8) is 0 Å². The first-order valence-corrected chi connectivity index (χ1v) is 8.52. The second-order valence-electron chi connectivity index (χ2n) is 4.83. The van der Waals surface area contributed by atoms with Crippen molar-refractivity contribution < 1.29 is 13.2 Å². The van der Waals surface area contributed by atoms with Gasteiger partial charge in [-0.3, -0.25) is 0 Å². The van der Waals surface area contributed by atoms with Gasteiger partial charge in [0.1, 0.15) is 4.90 Å². The molecule has 1 aromatic carbocycles. The molecule has 0 saturated carbocycles. The van der Waals surface area contributed by atoms with Gasteiger partial charge in [-0.15, -0.1) is 0 Å². The average Bonchev–Trinajstić information content (AvgIpc) is 2.39. The molecule has 0 radical (unpaired) electrons. The highest BCUT2D eigenvalue weighted by Crippen LogP contribution is 2.26. The standard InChI is InChI=1S/C13H19ClN2O3S/c14-11-5-3-6-12(15)13(11)20(17,18)16-8-7-10-4-1-2-9-19-10/h3,5-6,10,16H,1-2,4,7-9,15H2. The number of rotatable bonds is 5. The van der Waals surface area contributed by atoms with E-state index in [0.717, 1.165) is 25.9 Å². The summed E-state index contributed by atoms with van der Waals surface area (Å²) in [6.45, 7) is 1.08. The fourth-order valence-corrected chi connectivity index (χ4v) is 3.99. The highest BCUT2D eigenvalue weighted by Gasteiger charge is 2.21. The summed E-state index contributed by atoms with van der Waals surface area (Å²) in [6.07, 6.45) is 3.99. The van der Waals surface area contributed by atoms with Crippen LogP contribution in [0.25, 0.3) is 0 Å². The second-order valence-corrected chi connectivity index (χ2v) is 6.94. The first-order chi connectivity index (χ1) is 9.50. The maximum absolute atomic E-state index is 12.2. The van der Waals surface area contributed by atoms with Gasteiger partial charge in [0.05, 0.1) is 16.8 Å². The highest BCUT2D eigenvalue weighted by atomic mass is 35.5. The number of benzene rings is 1. The van der Waals surface area contributed by atoms with Gasteiger partial charge >= 0.3 is 0 Å². The van der Waals surface area contributed by atoms with Gasteiger partial charge in [-0.05, 0) is 37.8 Å². The molecule has 1 saturated heterocycles. The van der Waals surface area contributed by atoms with Crippen molar-refractivity contribution in [2.45, 2.75) is 36.7 Å². The molecule has 20 heavy (non-hydrogen) atoms. The Hall–Kier alpha value is -0.820. The fourth-order valence-electron chi connectivity index (χ4n) is 2.27. The van der Waals surface area contributed by atoms with E-state index in [2.05, 4.69) is 4.72 Å². The normalized spacial score (nSPS) is 19.9. The van der Waals surface area contributed by atoms with E-state index in [1.807, 2.05) is 0 Å². The van der Waals surface area contributed by atoms with E-state index < -0.39 is 10.0 Å². The van der Waals surface area contributed by atoms with Crippen LogP contribution in [-0.2, 0) is 14.8 Å². The predicted octanol–water partition coefficient (Wildman–Crippen LogP) is 2.16. The summed E-state index contributed by atoms with van der Waals surface area (Å²) in [5, 5.41) is 0.131. The zero-order chi connectivity index (χ0) is 14.6. The Bertz CT molecular complexity index is 536. The first kappa shape index (κ1) is 15.6. The third kappa shape index (κ3) is 3.85. The van der Waals surface area contributed by atoms with E-state index in [4.69, 9.17) is 22.1 Å². The number of sulfonamides is 1. The lowest BCUT2D eigenvalue weighted by Crippen LogP contribution is -2.30. The molecule has 0 spiro atoms. The molecule has 1 unspecified atom stereocenters. The smallest absolute Gasteiger partial charge is 0.244 e. The van der Waals surface area contributed by atoms with Gasteiger partial charge in [0, 0.05) is 13.2 Å². The zero-order valence-electron chi connectivity index (χ0n) is 11.1. The van der Waals surface area contributed by atoms with E-state index in [9.17, 15) is 8.42 Å². The highest BCUT2D eigenvalue weighted by molar-refractivity contribution is 7.89. The summed E-state index contributed by atoms with van der Waals surface area (Å²) in [6, 6.07) is 4.65. The number of hydrogen-bond acceptors (Lipinski definition) is 4. The van der Waals surface area contributed by atoms with Crippen LogP contribution in [-0.4, -0.2) is 27.7 Å². The quantitative estimate of drug-likeness (QED) is 0.815. The molecular weight excluding hydrogens is 300 g/mol. The largest absolute Gasteiger partial charge is 0.398 e. The number of nitrogen functional groups attached to an aromatic ring is 1. The third-order valence-electron chi connectivity index (χ3n) is 3.30. The number of nitrogens with two attached hydrogens (primary N) is 1. The van der Waals surface area contributed by atoms with Crippen molar-refractivity contribution in [3.05, 3.63) is 23.2 Å². The predicted molar refractivity (Wildman–Crippen MR) is 79.3 cm³/mol. The van der Waals surface area contributed by atoms with Gasteiger partial charge in [0.25, 0.3) is 0 Å². The maximum atomic E-state index is 12.2. The van der Waals surface area contributed by atoms with Crippen molar-refractivity contribution in [1.82, 2.24) is 4.72 Å². The van der Waals surface area contributed by atoms with Crippen LogP contribution in [0.2, 0.25) is 5.02 Å². The van der Waals surface area contributed by atoms with Crippen LogP contribution < -0.4 is 10.5 Å². The van der Waals surface area contributed by atoms with Crippen LogP contribution in [0.15, 0.2) is 23.1 Å². The number of halogens is 1. The van der Waals surface area contributed by atoms with Gasteiger partial charge in [-0.2, -0.15) is 0 Å².